The van der Waals surface area contributed by atoms with E-state index in [0.29, 0.717) is 10.4 Å². The van der Waals surface area contributed by atoms with Gasteiger partial charge in [0.15, 0.2) is 10.4 Å². The number of aromatic amines is 1. The van der Waals surface area contributed by atoms with Gasteiger partial charge in [0.1, 0.15) is 0 Å². The molecule has 0 saturated heterocycles. The second-order valence-electron chi connectivity index (χ2n) is 4.51. The first-order chi connectivity index (χ1) is 10.1. The highest BCUT2D eigenvalue weighted by Gasteiger charge is 2.11. The van der Waals surface area contributed by atoms with Gasteiger partial charge >= 0.3 is 0 Å². The lowest BCUT2D eigenvalue weighted by Crippen LogP contribution is -2.10. The van der Waals surface area contributed by atoms with Gasteiger partial charge < -0.3 is 14.7 Å². The first kappa shape index (κ1) is 13.6. The molecule has 0 atom stereocenters. The van der Waals surface area contributed by atoms with Crippen LogP contribution in [0.5, 0.6) is 0 Å². The molecule has 0 aliphatic heterocycles. The minimum Gasteiger partial charge on any atom is -0.444 e. The number of aryl methyl sites for hydroxylation is 1. The molecular weight excluding hydrogens is 334 g/mol. The molecule has 2 heterocycles. The quantitative estimate of drug-likeness (QED) is 0.753. The van der Waals surface area contributed by atoms with Crippen molar-refractivity contribution in [1.29, 1.82) is 0 Å². The van der Waals surface area contributed by atoms with Gasteiger partial charge in [0, 0.05) is 16.9 Å². The number of imidazole rings is 1. The first-order valence-electron chi connectivity index (χ1n) is 6.30. The summed E-state index contributed by atoms with van der Waals surface area (Å²) in [6.07, 6.45) is 1.66. The summed E-state index contributed by atoms with van der Waals surface area (Å²) in [4.78, 5) is 19.3. The second-order valence-corrected chi connectivity index (χ2v) is 5.29. The summed E-state index contributed by atoms with van der Waals surface area (Å²) < 4.78 is 5.73. The maximum atomic E-state index is 12.0. The number of furan rings is 1. The molecule has 0 bridgehead atoms. The van der Waals surface area contributed by atoms with Crippen LogP contribution in [0.3, 0.4) is 0 Å². The van der Waals surface area contributed by atoms with Gasteiger partial charge in [-0.2, -0.15) is 0 Å². The van der Waals surface area contributed by atoms with Gasteiger partial charge in [0.25, 0.3) is 5.91 Å². The largest absolute Gasteiger partial charge is 0.444 e. The molecule has 0 aliphatic carbocycles. The van der Waals surface area contributed by atoms with Crippen LogP contribution in [0.2, 0.25) is 0 Å². The zero-order chi connectivity index (χ0) is 14.8. The van der Waals surface area contributed by atoms with Crippen LogP contribution in [0.1, 0.15) is 16.2 Å². The van der Waals surface area contributed by atoms with E-state index in [1.807, 2.05) is 31.2 Å². The van der Waals surface area contributed by atoms with Crippen molar-refractivity contribution in [2.45, 2.75) is 6.92 Å². The Hall–Kier alpha value is -2.34. The van der Waals surface area contributed by atoms with Crippen molar-refractivity contribution < 1.29 is 9.21 Å². The minimum absolute atomic E-state index is 0.258. The monoisotopic (exact) mass is 345 g/mol. The molecule has 1 aromatic carbocycles. The van der Waals surface area contributed by atoms with E-state index in [9.17, 15) is 4.79 Å². The number of rotatable bonds is 3. The maximum absolute atomic E-state index is 12.0. The highest BCUT2D eigenvalue weighted by atomic mass is 79.9. The van der Waals surface area contributed by atoms with Gasteiger partial charge in [-0.05, 0) is 47.1 Å². The highest BCUT2D eigenvalue weighted by molar-refractivity contribution is 9.10. The SMILES string of the molecule is Cc1[nH]cnc1-c1ccc(NC(=O)c2ccc(Br)o2)cc1. The molecule has 0 radical (unpaired) electrons. The zero-order valence-electron chi connectivity index (χ0n) is 11.2. The molecule has 1 amide bonds. The van der Waals surface area contributed by atoms with E-state index in [0.717, 1.165) is 17.0 Å². The standard InChI is InChI=1S/C15H12BrN3O2/c1-9-14(18-8-17-9)10-2-4-11(5-3-10)19-15(20)12-6-7-13(16)21-12/h2-8H,1H3,(H,17,18)(H,19,20). The molecule has 0 saturated carbocycles. The van der Waals surface area contributed by atoms with E-state index < -0.39 is 0 Å². The highest BCUT2D eigenvalue weighted by Crippen LogP contribution is 2.22. The summed E-state index contributed by atoms with van der Waals surface area (Å²) in [5.41, 5.74) is 3.60. The molecular formula is C15H12BrN3O2. The molecule has 3 rings (SSSR count). The number of nitrogens with zero attached hydrogens (tertiary/aromatic N) is 1. The summed E-state index contributed by atoms with van der Waals surface area (Å²) in [6, 6.07) is 10.8. The van der Waals surface area contributed by atoms with Crippen LogP contribution in [0.4, 0.5) is 5.69 Å². The Bertz CT molecular complexity index is 774. The summed E-state index contributed by atoms with van der Waals surface area (Å²) in [5.74, 6) is -0.0292. The van der Waals surface area contributed by atoms with E-state index in [-0.39, 0.29) is 11.7 Å². The van der Waals surface area contributed by atoms with Crippen LogP contribution < -0.4 is 5.32 Å². The molecule has 0 unspecified atom stereocenters. The second kappa shape index (κ2) is 5.57. The van der Waals surface area contributed by atoms with Gasteiger partial charge in [0.2, 0.25) is 0 Å². The lowest BCUT2D eigenvalue weighted by atomic mass is 10.1. The van der Waals surface area contributed by atoms with Crippen molar-refractivity contribution in [3.05, 3.63) is 58.8 Å². The number of carbonyl (C=O) groups excluding carboxylic acids is 1. The molecule has 2 N–H and O–H groups in total. The predicted molar refractivity (Wildman–Crippen MR) is 83.1 cm³/mol. The van der Waals surface area contributed by atoms with Crippen LogP contribution in [-0.4, -0.2) is 15.9 Å². The van der Waals surface area contributed by atoms with E-state index in [2.05, 4.69) is 31.2 Å². The first-order valence-corrected chi connectivity index (χ1v) is 7.10. The van der Waals surface area contributed by atoms with Gasteiger partial charge in [-0.15, -0.1) is 0 Å². The van der Waals surface area contributed by atoms with Gasteiger partial charge in [-0.25, -0.2) is 4.98 Å². The molecule has 0 spiro atoms. The van der Waals surface area contributed by atoms with Crippen molar-refractivity contribution in [2.75, 3.05) is 5.32 Å². The fourth-order valence-corrected chi connectivity index (χ4v) is 2.30. The molecule has 2 aromatic heterocycles. The third-order valence-electron chi connectivity index (χ3n) is 3.04. The summed E-state index contributed by atoms with van der Waals surface area (Å²) in [5, 5.41) is 2.78. The Labute approximate surface area is 129 Å². The third-order valence-corrected chi connectivity index (χ3v) is 3.47. The van der Waals surface area contributed by atoms with Crippen LogP contribution in [-0.2, 0) is 0 Å². The van der Waals surface area contributed by atoms with E-state index in [1.165, 1.54) is 0 Å². The molecule has 3 aromatic rings. The van der Waals surface area contributed by atoms with Crippen LogP contribution >= 0.6 is 15.9 Å². The minimum atomic E-state index is -0.288. The van der Waals surface area contributed by atoms with Gasteiger partial charge in [0.05, 0.1) is 12.0 Å². The fourth-order valence-electron chi connectivity index (χ4n) is 1.99. The number of hydrogen-bond donors (Lipinski definition) is 2. The summed E-state index contributed by atoms with van der Waals surface area (Å²) >= 11 is 3.17. The van der Waals surface area contributed by atoms with Crippen LogP contribution in [0, 0.1) is 6.92 Å². The normalized spacial score (nSPS) is 10.6. The van der Waals surface area contributed by atoms with Crippen molar-refractivity contribution in [3.63, 3.8) is 0 Å². The number of amides is 1. The maximum Gasteiger partial charge on any atom is 0.291 e. The average molecular weight is 346 g/mol. The fraction of sp³-hybridized carbons (Fsp3) is 0.0667. The number of anilines is 1. The summed E-state index contributed by atoms with van der Waals surface area (Å²) in [7, 11) is 0. The number of nitrogens with one attached hydrogen (secondary N) is 2. The topological polar surface area (TPSA) is 70.9 Å². The number of hydrogen-bond acceptors (Lipinski definition) is 3. The Morgan fingerprint density at radius 2 is 2.00 bits per heavy atom. The van der Waals surface area contributed by atoms with Crippen molar-refractivity contribution in [3.8, 4) is 11.3 Å². The molecule has 5 nitrogen and oxygen atoms in total. The van der Waals surface area contributed by atoms with Crippen molar-refractivity contribution in [1.82, 2.24) is 9.97 Å². The van der Waals surface area contributed by atoms with E-state index in [4.69, 9.17) is 4.42 Å². The van der Waals surface area contributed by atoms with Crippen molar-refractivity contribution >= 4 is 27.5 Å². The molecule has 106 valence electrons. The Morgan fingerprint density at radius 1 is 1.24 bits per heavy atom. The Balaban J connectivity index is 1.76. The van der Waals surface area contributed by atoms with E-state index in [1.54, 1.807) is 18.5 Å². The average Bonchev–Trinajstić information content (AvgIpc) is 3.08. The van der Waals surface area contributed by atoms with Gasteiger partial charge in [-0.3, -0.25) is 4.79 Å². The lowest BCUT2D eigenvalue weighted by Gasteiger charge is -2.04. The predicted octanol–water partition coefficient (Wildman–Crippen LogP) is 3.99. The number of aromatic nitrogens is 2. The van der Waals surface area contributed by atoms with Crippen LogP contribution in [0.15, 0.2) is 51.8 Å². The zero-order valence-corrected chi connectivity index (χ0v) is 12.8. The van der Waals surface area contributed by atoms with Crippen LogP contribution in [0.25, 0.3) is 11.3 Å². The third kappa shape index (κ3) is 2.90. The number of H-pyrrole nitrogens is 1. The molecule has 0 fully saturated rings. The summed E-state index contributed by atoms with van der Waals surface area (Å²) in [6.45, 7) is 1.97. The lowest BCUT2D eigenvalue weighted by molar-refractivity contribution is 0.0995. The van der Waals surface area contributed by atoms with E-state index >= 15 is 0 Å². The van der Waals surface area contributed by atoms with Gasteiger partial charge in [-0.1, -0.05) is 12.1 Å². The molecule has 0 aliphatic rings. The number of benzene rings is 1. The Kier molecular flexibility index (Phi) is 3.62. The molecule has 6 heteroatoms. The number of carbonyl (C=O) groups is 1. The smallest absolute Gasteiger partial charge is 0.291 e. The molecule has 21 heavy (non-hydrogen) atoms. The Morgan fingerprint density at radius 3 is 2.57 bits per heavy atom. The van der Waals surface area contributed by atoms with Crippen molar-refractivity contribution in [2.24, 2.45) is 0 Å². The number of halogens is 1.